The molecule has 2 aromatic heterocycles. The number of nitriles is 1. The smallest absolute Gasteiger partial charge is 0.346 e. The summed E-state index contributed by atoms with van der Waals surface area (Å²) in [7, 11) is 0. The molecule has 7 heteroatoms. The number of hydrogen-bond acceptors (Lipinski definition) is 6. The predicted molar refractivity (Wildman–Crippen MR) is 229 cm³/mol. The molecule has 2 heterocycles. The number of benzene rings is 6. The van der Waals surface area contributed by atoms with Gasteiger partial charge >= 0.3 is 5.97 Å². The fourth-order valence-corrected chi connectivity index (χ4v) is 8.76. The van der Waals surface area contributed by atoms with Gasteiger partial charge in [-0.3, -0.25) is 0 Å². The van der Waals surface area contributed by atoms with Gasteiger partial charge in [-0.1, -0.05) is 97.1 Å². The van der Waals surface area contributed by atoms with E-state index >= 15 is 0 Å². The Hall–Kier alpha value is -6.98. The Morgan fingerprint density at radius 1 is 0.509 bits per heavy atom. The van der Waals surface area contributed by atoms with E-state index in [1.807, 2.05) is 36.4 Å². The first kappa shape index (κ1) is 35.1. The van der Waals surface area contributed by atoms with Gasteiger partial charge in [0.1, 0.15) is 11.6 Å². The zero-order chi connectivity index (χ0) is 37.6. The van der Waals surface area contributed by atoms with Gasteiger partial charge < -0.3 is 14.9 Å². The monoisotopic (exact) mass is 747 g/mol. The van der Waals surface area contributed by atoms with E-state index in [9.17, 15) is 15.2 Å². The highest BCUT2D eigenvalue weighted by molar-refractivity contribution is 7.24. The number of rotatable bonds is 11. The summed E-state index contributed by atoms with van der Waals surface area (Å²) in [5.41, 5.74) is 9.37. The van der Waals surface area contributed by atoms with Crippen molar-refractivity contribution in [3.63, 3.8) is 0 Å². The molecule has 264 valence electrons. The molecule has 0 saturated heterocycles. The lowest BCUT2D eigenvalue weighted by atomic mass is 10.0. The summed E-state index contributed by atoms with van der Waals surface area (Å²) < 4.78 is 0. The molecule has 0 aliphatic heterocycles. The summed E-state index contributed by atoms with van der Waals surface area (Å²) in [6.45, 7) is 0. The molecule has 1 N–H and O–H groups in total. The van der Waals surface area contributed by atoms with Crippen LogP contribution in [-0.4, -0.2) is 11.1 Å². The summed E-state index contributed by atoms with van der Waals surface area (Å²) in [5, 5.41) is 18.8. The van der Waals surface area contributed by atoms with Crippen LogP contribution in [0.2, 0.25) is 0 Å². The second kappa shape index (κ2) is 15.9. The summed E-state index contributed by atoms with van der Waals surface area (Å²) in [6.07, 6.45) is 1.43. The van der Waals surface area contributed by atoms with Crippen molar-refractivity contribution in [3.8, 4) is 37.4 Å². The first-order chi connectivity index (χ1) is 27.1. The molecule has 0 radical (unpaired) electrons. The van der Waals surface area contributed by atoms with Crippen LogP contribution in [-0.2, 0) is 4.79 Å². The highest BCUT2D eigenvalue weighted by atomic mass is 32.1. The second-order valence-corrected chi connectivity index (χ2v) is 14.8. The number of para-hydroxylation sites is 4. The highest BCUT2D eigenvalue weighted by Gasteiger charge is 2.19. The maximum absolute atomic E-state index is 11.5. The molecule has 0 fully saturated rings. The number of carboxylic acid groups (broad SMARTS) is 1. The first-order valence-corrected chi connectivity index (χ1v) is 19.3. The predicted octanol–water partition coefficient (Wildman–Crippen LogP) is 13.7. The van der Waals surface area contributed by atoms with Crippen LogP contribution in [0.25, 0.3) is 37.4 Å². The number of nitrogens with zero attached hydrogens (tertiary/aromatic N) is 3. The molecule has 8 aromatic rings. The van der Waals surface area contributed by atoms with Gasteiger partial charge in [-0.25, -0.2) is 4.79 Å². The van der Waals surface area contributed by atoms with Crippen molar-refractivity contribution in [1.29, 1.82) is 5.26 Å². The Balaban J connectivity index is 1.21. The molecular formula is C48H33N3O2S2. The number of anilines is 6. The molecule has 0 unspecified atom stereocenters. The normalized spacial score (nSPS) is 11.1. The van der Waals surface area contributed by atoms with E-state index in [-0.39, 0.29) is 5.57 Å². The standard InChI is InChI=1S/C48H33N3O2S2/c49-33-36(48(52)53)31-43-29-30-45(54-43)46-32-44(34-21-25-41(26-22-34)50(37-13-5-1-6-14-37)38-15-7-2-8-16-38)47(55-46)35-23-27-42(28-24-35)51(39-17-9-3-10-18-39)40-19-11-4-12-20-40/h1-32H,(H,52,53)/b36-31+. The van der Waals surface area contributed by atoms with Gasteiger partial charge in [-0.15, -0.1) is 22.7 Å². The maximum Gasteiger partial charge on any atom is 0.346 e. The van der Waals surface area contributed by atoms with E-state index in [0.717, 1.165) is 65.4 Å². The fourth-order valence-electron chi connectivity index (χ4n) is 6.54. The molecule has 55 heavy (non-hydrogen) atoms. The van der Waals surface area contributed by atoms with Crippen molar-refractivity contribution in [1.82, 2.24) is 0 Å². The number of carbonyl (C=O) groups is 1. The Kier molecular flexibility index (Phi) is 10.2. The molecule has 6 aromatic carbocycles. The Morgan fingerprint density at radius 2 is 0.927 bits per heavy atom. The van der Waals surface area contributed by atoms with Crippen LogP contribution in [0.15, 0.2) is 194 Å². The van der Waals surface area contributed by atoms with E-state index in [4.69, 9.17) is 0 Å². The number of carboxylic acids is 1. The summed E-state index contributed by atoms with van der Waals surface area (Å²) >= 11 is 3.17. The van der Waals surface area contributed by atoms with Gasteiger partial charge in [0, 0.05) is 59.2 Å². The lowest BCUT2D eigenvalue weighted by Gasteiger charge is -2.25. The third-order valence-electron chi connectivity index (χ3n) is 9.12. The van der Waals surface area contributed by atoms with Crippen molar-refractivity contribution in [2.45, 2.75) is 0 Å². The number of aliphatic carboxylic acids is 1. The minimum Gasteiger partial charge on any atom is -0.477 e. The van der Waals surface area contributed by atoms with Crippen LogP contribution in [0.3, 0.4) is 0 Å². The number of hydrogen-bond donors (Lipinski definition) is 1. The van der Waals surface area contributed by atoms with E-state index in [2.05, 4.69) is 161 Å². The largest absolute Gasteiger partial charge is 0.477 e. The molecule has 5 nitrogen and oxygen atoms in total. The van der Waals surface area contributed by atoms with Crippen LogP contribution < -0.4 is 9.80 Å². The quantitative estimate of drug-likeness (QED) is 0.105. The van der Waals surface area contributed by atoms with Crippen molar-refractivity contribution >= 4 is 68.8 Å². The maximum atomic E-state index is 11.5. The van der Waals surface area contributed by atoms with Crippen LogP contribution in [0.5, 0.6) is 0 Å². The van der Waals surface area contributed by atoms with Crippen LogP contribution in [0.4, 0.5) is 34.1 Å². The lowest BCUT2D eigenvalue weighted by Crippen LogP contribution is -2.09. The summed E-state index contributed by atoms with van der Waals surface area (Å²) in [4.78, 5) is 19.9. The SMILES string of the molecule is N#C/C(=C\c1ccc(-c2cc(-c3ccc(N(c4ccccc4)c4ccccc4)cc3)c(-c3ccc(N(c4ccccc4)c4ccccc4)cc3)s2)s1)C(=O)O. The number of thiophene rings is 2. The van der Waals surface area contributed by atoms with Gasteiger partial charge in [0.05, 0.1) is 0 Å². The van der Waals surface area contributed by atoms with Gasteiger partial charge in [0.2, 0.25) is 0 Å². The average Bonchev–Trinajstić information content (AvgIpc) is 3.90. The van der Waals surface area contributed by atoms with Crippen LogP contribution >= 0.6 is 22.7 Å². The van der Waals surface area contributed by atoms with Gasteiger partial charge in [-0.2, -0.15) is 5.26 Å². The van der Waals surface area contributed by atoms with E-state index < -0.39 is 5.97 Å². The molecule has 0 amide bonds. The second-order valence-electron chi connectivity index (χ2n) is 12.6. The highest BCUT2D eigenvalue weighted by Crippen LogP contribution is 2.47. The minimum atomic E-state index is -1.23. The average molecular weight is 748 g/mol. The molecule has 0 spiro atoms. The molecule has 0 bridgehead atoms. The molecule has 0 aliphatic rings. The molecule has 0 aliphatic carbocycles. The summed E-state index contributed by atoms with van der Waals surface area (Å²) in [5.74, 6) is -1.23. The van der Waals surface area contributed by atoms with Gasteiger partial charge in [-0.05, 0) is 108 Å². The van der Waals surface area contributed by atoms with Crippen LogP contribution in [0.1, 0.15) is 4.88 Å². The van der Waals surface area contributed by atoms with Crippen molar-refractivity contribution in [2.75, 3.05) is 9.80 Å². The summed E-state index contributed by atoms with van der Waals surface area (Å²) in [6, 6.07) is 66.7. The van der Waals surface area contributed by atoms with Crippen molar-refractivity contribution in [2.24, 2.45) is 0 Å². The Bertz CT molecular complexity index is 2390. The lowest BCUT2D eigenvalue weighted by molar-refractivity contribution is -0.132. The third kappa shape index (κ3) is 7.59. The Morgan fingerprint density at radius 3 is 1.35 bits per heavy atom. The third-order valence-corrected chi connectivity index (χ3v) is 11.5. The van der Waals surface area contributed by atoms with Crippen molar-refractivity contribution < 1.29 is 9.90 Å². The van der Waals surface area contributed by atoms with Crippen LogP contribution in [0, 0.1) is 11.3 Å². The molecule has 0 saturated carbocycles. The zero-order valence-electron chi connectivity index (χ0n) is 29.5. The van der Waals surface area contributed by atoms with E-state index in [1.54, 1.807) is 17.4 Å². The molecule has 8 rings (SSSR count). The van der Waals surface area contributed by atoms with E-state index in [0.29, 0.717) is 4.88 Å². The first-order valence-electron chi connectivity index (χ1n) is 17.7. The zero-order valence-corrected chi connectivity index (χ0v) is 31.1. The fraction of sp³-hybridized carbons (Fsp3) is 0. The van der Waals surface area contributed by atoms with Gasteiger partial charge in [0.15, 0.2) is 0 Å². The molecule has 0 atom stereocenters. The van der Waals surface area contributed by atoms with E-state index in [1.165, 1.54) is 17.4 Å². The topological polar surface area (TPSA) is 67.6 Å². The minimum absolute atomic E-state index is 0.291. The van der Waals surface area contributed by atoms with Crippen molar-refractivity contribution in [3.05, 3.63) is 199 Å². The molecular weight excluding hydrogens is 715 g/mol. The van der Waals surface area contributed by atoms with Gasteiger partial charge in [0.25, 0.3) is 0 Å². The Labute approximate surface area is 328 Å².